The van der Waals surface area contributed by atoms with Crippen LogP contribution in [0.2, 0.25) is 0 Å². The van der Waals surface area contributed by atoms with E-state index in [9.17, 15) is 23.2 Å². The Morgan fingerprint density at radius 1 is 0.893 bits per heavy atom. The first kappa shape index (κ1) is 21.0. The summed E-state index contributed by atoms with van der Waals surface area (Å²) >= 11 is 0. The molecular weight excluding hydrogens is 370 g/mol. The van der Waals surface area contributed by atoms with Crippen molar-refractivity contribution in [1.82, 2.24) is 0 Å². The number of carbonyl (C=O) groups excluding carboxylic acids is 3. The number of halogens is 2. The zero-order valence-electron chi connectivity index (χ0n) is 15.6. The van der Waals surface area contributed by atoms with Crippen LogP contribution < -0.4 is 10.6 Å². The number of hydrogen-bond donors (Lipinski definition) is 2. The number of anilines is 2. The second-order valence-corrected chi connectivity index (χ2v) is 6.46. The first-order valence-electron chi connectivity index (χ1n) is 8.50. The van der Waals surface area contributed by atoms with Crippen molar-refractivity contribution in [2.45, 2.75) is 20.8 Å². The Kier molecular flexibility index (Phi) is 6.45. The van der Waals surface area contributed by atoms with Crippen molar-refractivity contribution in [2.24, 2.45) is 5.41 Å². The van der Waals surface area contributed by atoms with E-state index in [1.165, 1.54) is 44.2 Å². The highest BCUT2D eigenvalue weighted by Gasteiger charge is 2.36. The topological polar surface area (TPSA) is 84.5 Å². The lowest BCUT2D eigenvalue weighted by atomic mass is 9.90. The van der Waals surface area contributed by atoms with E-state index in [1.54, 1.807) is 6.92 Å². The van der Waals surface area contributed by atoms with Gasteiger partial charge >= 0.3 is 5.97 Å². The second-order valence-electron chi connectivity index (χ2n) is 6.46. The number of carbonyl (C=O) groups is 3. The molecule has 148 valence electrons. The van der Waals surface area contributed by atoms with Gasteiger partial charge in [-0.25, -0.2) is 13.6 Å². The number of amides is 2. The van der Waals surface area contributed by atoms with Crippen molar-refractivity contribution in [3.8, 4) is 0 Å². The van der Waals surface area contributed by atoms with Gasteiger partial charge in [0.05, 0.1) is 12.2 Å². The molecule has 8 heteroatoms. The number of ether oxygens (including phenoxy) is 1. The van der Waals surface area contributed by atoms with E-state index in [-0.39, 0.29) is 12.3 Å². The van der Waals surface area contributed by atoms with Crippen LogP contribution in [-0.4, -0.2) is 24.4 Å². The number of esters is 1. The van der Waals surface area contributed by atoms with Gasteiger partial charge in [-0.15, -0.1) is 0 Å². The maximum Gasteiger partial charge on any atom is 0.338 e. The molecule has 0 saturated carbocycles. The average Bonchev–Trinajstić information content (AvgIpc) is 2.65. The summed E-state index contributed by atoms with van der Waals surface area (Å²) in [7, 11) is 0. The van der Waals surface area contributed by atoms with Crippen LogP contribution in [0.15, 0.2) is 42.5 Å². The molecule has 2 rings (SSSR count). The third-order valence-corrected chi connectivity index (χ3v) is 3.97. The highest BCUT2D eigenvalue weighted by Crippen LogP contribution is 2.23. The van der Waals surface area contributed by atoms with Gasteiger partial charge < -0.3 is 15.4 Å². The van der Waals surface area contributed by atoms with Crippen LogP contribution in [0.3, 0.4) is 0 Å². The van der Waals surface area contributed by atoms with Gasteiger partial charge in [0.1, 0.15) is 5.41 Å². The van der Waals surface area contributed by atoms with Crippen molar-refractivity contribution >= 4 is 29.2 Å². The van der Waals surface area contributed by atoms with E-state index < -0.39 is 34.8 Å². The minimum Gasteiger partial charge on any atom is -0.462 e. The molecule has 0 atom stereocenters. The fourth-order valence-corrected chi connectivity index (χ4v) is 2.16. The lowest BCUT2D eigenvalue weighted by molar-refractivity contribution is -0.135. The standard InChI is InChI=1S/C20H20F2N2O4/c1-4-28-17(25)12-5-7-13(8-6-12)23-18(26)20(2,3)19(27)24-14-9-10-15(21)16(22)11-14/h5-11H,4H2,1-3H3,(H,23,26)(H,24,27). The van der Waals surface area contributed by atoms with E-state index in [0.717, 1.165) is 12.1 Å². The van der Waals surface area contributed by atoms with Crippen LogP contribution in [0.5, 0.6) is 0 Å². The number of hydrogen-bond acceptors (Lipinski definition) is 4. The predicted molar refractivity (Wildman–Crippen MR) is 99.8 cm³/mol. The second kappa shape index (κ2) is 8.60. The molecule has 6 nitrogen and oxygen atoms in total. The molecule has 0 heterocycles. The van der Waals surface area contributed by atoms with Gasteiger partial charge in [-0.3, -0.25) is 9.59 Å². The molecule has 0 aromatic heterocycles. The quantitative estimate of drug-likeness (QED) is 0.581. The predicted octanol–water partition coefficient (Wildman–Crippen LogP) is 3.74. The zero-order chi connectivity index (χ0) is 20.9. The van der Waals surface area contributed by atoms with Crippen molar-refractivity contribution in [3.63, 3.8) is 0 Å². The summed E-state index contributed by atoms with van der Waals surface area (Å²) in [5.41, 5.74) is -0.768. The molecule has 28 heavy (non-hydrogen) atoms. The number of nitrogens with one attached hydrogen (secondary N) is 2. The largest absolute Gasteiger partial charge is 0.462 e. The Labute approximate surface area is 160 Å². The molecule has 2 N–H and O–H groups in total. The molecule has 2 aromatic rings. The summed E-state index contributed by atoms with van der Waals surface area (Å²) < 4.78 is 31.1. The first-order chi connectivity index (χ1) is 13.1. The van der Waals surface area contributed by atoms with E-state index in [4.69, 9.17) is 4.74 Å². The molecule has 2 aromatic carbocycles. The van der Waals surface area contributed by atoms with Crippen molar-refractivity contribution < 1.29 is 27.9 Å². The Morgan fingerprint density at radius 2 is 1.43 bits per heavy atom. The van der Waals surface area contributed by atoms with Gasteiger partial charge in [-0.2, -0.15) is 0 Å². The van der Waals surface area contributed by atoms with Gasteiger partial charge in [-0.1, -0.05) is 0 Å². The minimum atomic E-state index is -1.51. The number of benzene rings is 2. The number of rotatable bonds is 6. The summed E-state index contributed by atoms with van der Waals surface area (Å²) in [6.45, 7) is 4.73. The molecule has 0 unspecified atom stereocenters. The Morgan fingerprint density at radius 3 is 1.96 bits per heavy atom. The van der Waals surface area contributed by atoms with Gasteiger partial charge in [-0.05, 0) is 57.2 Å². The van der Waals surface area contributed by atoms with E-state index in [2.05, 4.69) is 10.6 Å². The molecule has 0 spiro atoms. The van der Waals surface area contributed by atoms with Gasteiger partial charge in [0.2, 0.25) is 11.8 Å². The molecule has 0 radical (unpaired) electrons. The summed E-state index contributed by atoms with van der Waals surface area (Å²) in [4.78, 5) is 36.6. The van der Waals surface area contributed by atoms with Crippen molar-refractivity contribution in [1.29, 1.82) is 0 Å². The van der Waals surface area contributed by atoms with E-state index in [0.29, 0.717) is 11.3 Å². The van der Waals surface area contributed by atoms with Crippen LogP contribution in [0.4, 0.5) is 20.2 Å². The first-order valence-corrected chi connectivity index (χ1v) is 8.50. The lowest BCUT2D eigenvalue weighted by Crippen LogP contribution is -2.41. The average molecular weight is 390 g/mol. The van der Waals surface area contributed by atoms with E-state index in [1.807, 2.05) is 0 Å². The molecular formula is C20H20F2N2O4. The molecule has 0 fully saturated rings. The molecule has 0 aliphatic heterocycles. The molecule has 0 bridgehead atoms. The van der Waals surface area contributed by atoms with E-state index >= 15 is 0 Å². The third kappa shape index (κ3) is 4.91. The Hall–Kier alpha value is -3.29. The van der Waals surface area contributed by atoms with Gasteiger partial charge in [0.15, 0.2) is 11.6 Å². The smallest absolute Gasteiger partial charge is 0.338 e. The normalized spacial score (nSPS) is 10.9. The van der Waals surface area contributed by atoms with Gasteiger partial charge in [0.25, 0.3) is 0 Å². The molecule has 0 aliphatic carbocycles. The third-order valence-electron chi connectivity index (χ3n) is 3.97. The highest BCUT2D eigenvalue weighted by molar-refractivity contribution is 6.14. The maximum absolute atomic E-state index is 13.3. The fourth-order valence-electron chi connectivity index (χ4n) is 2.16. The Bertz CT molecular complexity index is 896. The highest BCUT2D eigenvalue weighted by atomic mass is 19.2. The van der Waals surface area contributed by atoms with Crippen LogP contribution in [0.1, 0.15) is 31.1 Å². The lowest BCUT2D eigenvalue weighted by Gasteiger charge is -2.23. The molecule has 0 aliphatic rings. The monoisotopic (exact) mass is 390 g/mol. The van der Waals surface area contributed by atoms with Crippen LogP contribution >= 0.6 is 0 Å². The van der Waals surface area contributed by atoms with Crippen molar-refractivity contribution in [2.75, 3.05) is 17.2 Å². The summed E-state index contributed by atoms with van der Waals surface area (Å²) in [5, 5.41) is 4.97. The van der Waals surface area contributed by atoms with Crippen molar-refractivity contribution in [3.05, 3.63) is 59.7 Å². The summed E-state index contributed by atoms with van der Waals surface area (Å²) in [5.74, 6) is -3.94. The zero-order valence-corrected chi connectivity index (χ0v) is 15.6. The van der Waals surface area contributed by atoms with Gasteiger partial charge in [0, 0.05) is 17.4 Å². The van der Waals surface area contributed by atoms with Crippen LogP contribution in [0, 0.1) is 17.0 Å². The molecule has 0 saturated heterocycles. The maximum atomic E-state index is 13.3. The minimum absolute atomic E-state index is 0.0311. The Balaban J connectivity index is 2.05. The molecule has 2 amide bonds. The van der Waals surface area contributed by atoms with Crippen LogP contribution in [-0.2, 0) is 14.3 Å². The SMILES string of the molecule is CCOC(=O)c1ccc(NC(=O)C(C)(C)C(=O)Nc2ccc(F)c(F)c2)cc1. The fraction of sp³-hybridized carbons (Fsp3) is 0.250. The van der Waals surface area contributed by atoms with Crippen LogP contribution in [0.25, 0.3) is 0 Å². The summed E-state index contributed by atoms with van der Waals surface area (Å²) in [6.07, 6.45) is 0. The summed E-state index contributed by atoms with van der Waals surface area (Å²) in [6, 6.07) is 8.89.